The molecule has 0 aromatic carbocycles. The fourth-order valence-electron chi connectivity index (χ4n) is 4.34. The van der Waals surface area contributed by atoms with Gasteiger partial charge in [0.1, 0.15) is 5.69 Å². The highest BCUT2D eigenvalue weighted by Gasteiger charge is 2.25. The lowest BCUT2D eigenvalue weighted by atomic mass is 10.2. The van der Waals surface area contributed by atoms with Crippen LogP contribution >= 0.6 is 0 Å². The largest absolute Gasteiger partial charge is 0.330 e. The molecule has 2 aliphatic heterocycles. The van der Waals surface area contributed by atoms with Crippen LogP contribution in [0.5, 0.6) is 0 Å². The molecule has 0 atom stereocenters. The summed E-state index contributed by atoms with van der Waals surface area (Å²) in [6.45, 7) is 10.7. The minimum atomic E-state index is 0.0176. The summed E-state index contributed by atoms with van der Waals surface area (Å²) >= 11 is 0. The zero-order valence-electron chi connectivity index (χ0n) is 16.9. The highest BCUT2D eigenvalue weighted by atomic mass is 16.2. The molecule has 3 aromatic rings. The SMILES string of the molecule is CCN1CCN(Cc2cc3n(n2)CCN(C(=O)c2cccc4ccnn24)C3)CC1. The molecule has 5 heterocycles. The lowest BCUT2D eigenvalue weighted by Gasteiger charge is -2.33. The topological polar surface area (TPSA) is 61.9 Å². The van der Waals surface area contributed by atoms with E-state index in [-0.39, 0.29) is 5.91 Å². The van der Waals surface area contributed by atoms with Crippen LogP contribution in [0.4, 0.5) is 0 Å². The summed E-state index contributed by atoms with van der Waals surface area (Å²) in [6, 6.07) is 9.79. The van der Waals surface area contributed by atoms with Crippen molar-refractivity contribution >= 4 is 11.4 Å². The van der Waals surface area contributed by atoms with Gasteiger partial charge in [0.25, 0.3) is 5.91 Å². The number of nitrogens with zero attached hydrogens (tertiary/aromatic N) is 7. The maximum absolute atomic E-state index is 13.1. The van der Waals surface area contributed by atoms with Crippen molar-refractivity contribution in [2.24, 2.45) is 0 Å². The van der Waals surface area contributed by atoms with Crippen LogP contribution in [-0.2, 0) is 19.6 Å². The van der Waals surface area contributed by atoms with Crippen LogP contribution in [0.2, 0.25) is 0 Å². The number of pyridine rings is 1. The Morgan fingerprint density at radius 1 is 1.03 bits per heavy atom. The van der Waals surface area contributed by atoms with Crippen molar-refractivity contribution in [3.8, 4) is 0 Å². The highest BCUT2D eigenvalue weighted by molar-refractivity contribution is 5.93. The maximum atomic E-state index is 13.1. The van der Waals surface area contributed by atoms with E-state index in [0.717, 1.165) is 62.7 Å². The van der Waals surface area contributed by atoms with Crippen molar-refractivity contribution in [2.75, 3.05) is 39.3 Å². The lowest BCUT2D eigenvalue weighted by Crippen LogP contribution is -2.45. The lowest BCUT2D eigenvalue weighted by molar-refractivity contribution is 0.0697. The number of amides is 1. The standard InChI is InChI=1S/C21H27N7O/c1-2-24-8-10-25(11-9-24)15-17-14-19-16-26(12-13-27(19)23-17)21(29)20-5-3-4-18-6-7-22-28(18)20/h3-7,14H,2,8-13,15-16H2,1H3. The number of hydrogen-bond donors (Lipinski definition) is 0. The summed E-state index contributed by atoms with van der Waals surface area (Å²) in [5.41, 5.74) is 3.76. The van der Waals surface area contributed by atoms with Crippen LogP contribution < -0.4 is 0 Å². The van der Waals surface area contributed by atoms with Crippen molar-refractivity contribution < 1.29 is 4.79 Å². The van der Waals surface area contributed by atoms with Gasteiger partial charge in [-0.05, 0) is 30.8 Å². The molecule has 0 saturated carbocycles. The zero-order chi connectivity index (χ0) is 19.8. The van der Waals surface area contributed by atoms with E-state index in [1.807, 2.05) is 29.2 Å². The van der Waals surface area contributed by atoms with Crippen molar-refractivity contribution in [3.05, 3.63) is 53.6 Å². The van der Waals surface area contributed by atoms with Crippen LogP contribution in [0.3, 0.4) is 0 Å². The smallest absolute Gasteiger partial charge is 0.272 e. The van der Waals surface area contributed by atoms with Crippen molar-refractivity contribution in [1.29, 1.82) is 0 Å². The van der Waals surface area contributed by atoms with E-state index < -0.39 is 0 Å². The Morgan fingerprint density at radius 2 is 1.86 bits per heavy atom. The molecule has 152 valence electrons. The molecule has 0 spiro atoms. The molecule has 8 heteroatoms. The zero-order valence-corrected chi connectivity index (χ0v) is 16.9. The minimum Gasteiger partial charge on any atom is -0.330 e. The number of hydrogen-bond acceptors (Lipinski definition) is 5. The van der Waals surface area contributed by atoms with E-state index >= 15 is 0 Å². The maximum Gasteiger partial charge on any atom is 0.272 e. The Hall–Kier alpha value is -2.71. The molecular formula is C21H27N7O. The summed E-state index contributed by atoms with van der Waals surface area (Å²) in [5.74, 6) is 0.0176. The number of piperazine rings is 1. The van der Waals surface area contributed by atoms with E-state index in [1.54, 1.807) is 10.7 Å². The molecule has 0 bridgehead atoms. The number of rotatable bonds is 4. The van der Waals surface area contributed by atoms with Gasteiger partial charge in [0, 0.05) is 39.3 Å². The molecule has 2 aliphatic rings. The summed E-state index contributed by atoms with van der Waals surface area (Å²) < 4.78 is 3.78. The fourth-order valence-corrected chi connectivity index (χ4v) is 4.34. The Bertz CT molecular complexity index is 1020. The molecule has 0 unspecified atom stereocenters. The molecule has 1 fully saturated rings. The third-order valence-corrected chi connectivity index (χ3v) is 6.07. The molecule has 29 heavy (non-hydrogen) atoms. The first-order valence-electron chi connectivity index (χ1n) is 10.4. The summed E-state index contributed by atoms with van der Waals surface area (Å²) in [7, 11) is 0. The van der Waals surface area contributed by atoms with Gasteiger partial charge in [-0.3, -0.25) is 14.4 Å². The minimum absolute atomic E-state index is 0.0176. The predicted molar refractivity (Wildman–Crippen MR) is 110 cm³/mol. The highest BCUT2D eigenvalue weighted by Crippen LogP contribution is 2.18. The molecule has 1 amide bonds. The third kappa shape index (κ3) is 3.54. The fraction of sp³-hybridized carbons (Fsp3) is 0.476. The van der Waals surface area contributed by atoms with E-state index in [4.69, 9.17) is 5.10 Å². The van der Waals surface area contributed by atoms with Gasteiger partial charge in [0.15, 0.2) is 0 Å². The van der Waals surface area contributed by atoms with Gasteiger partial charge in [0.2, 0.25) is 0 Å². The van der Waals surface area contributed by atoms with E-state index in [2.05, 4.69) is 32.6 Å². The third-order valence-electron chi connectivity index (χ3n) is 6.07. The number of carbonyl (C=O) groups excluding carboxylic acids is 1. The Balaban J connectivity index is 1.28. The Morgan fingerprint density at radius 3 is 2.69 bits per heavy atom. The van der Waals surface area contributed by atoms with Gasteiger partial charge in [-0.25, -0.2) is 4.52 Å². The first kappa shape index (κ1) is 18.3. The van der Waals surface area contributed by atoms with Gasteiger partial charge < -0.3 is 9.80 Å². The first-order valence-corrected chi connectivity index (χ1v) is 10.4. The number of likely N-dealkylation sites (N-methyl/N-ethyl adjacent to an activating group) is 1. The second kappa shape index (κ2) is 7.61. The van der Waals surface area contributed by atoms with Crippen molar-refractivity contribution in [2.45, 2.75) is 26.6 Å². The number of aromatic nitrogens is 4. The van der Waals surface area contributed by atoms with Crippen LogP contribution in [-0.4, -0.2) is 79.3 Å². The molecule has 0 aliphatic carbocycles. The normalized spacial score (nSPS) is 18.3. The van der Waals surface area contributed by atoms with Crippen LogP contribution in [0, 0.1) is 0 Å². The predicted octanol–water partition coefficient (Wildman–Crippen LogP) is 1.32. The molecular weight excluding hydrogens is 366 g/mol. The van der Waals surface area contributed by atoms with E-state index in [0.29, 0.717) is 18.8 Å². The molecule has 8 nitrogen and oxygen atoms in total. The summed E-state index contributed by atoms with van der Waals surface area (Å²) in [6.07, 6.45) is 1.73. The van der Waals surface area contributed by atoms with Gasteiger partial charge in [-0.1, -0.05) is 13.0 Å². The van der Waals surface area contributed by atoms with E-state index in [1.165, 1.54) is 0 Å². The summed E-state index contributed by atoms with van der Waals surface area (Å²) in [5, 5.41) is 9.10. The van der Waals surface area contributed by atoms with Gasteiger partial charge in [0.05, 0.1) is 36.2 Å². The van der Waals surface area contributed by atoms with Gasteiger partial charge in [-0.15, -0.1) is 0 Å². The molecule has 3 aromatic heterocycles. The first-order chi connectivity index (χ1) is 14.2. The van der Waals surface area contributed by atoms with E-state index in [9.17, 15) is 4.79 Å². The van der Waals surface area contributed by atoms with Gasteiger partial charge in [-0.2, -0.15) is 10.2 Å². The molecule has 1 saturated heterocycles. The van der Waals surface area contributed by atoms with Crippen LogP contribution in [0.25, 0.3) is 5.52 Å². The quantitative estimate of drug-likeness (QED) is 0.669. The second-order valence-electron chi connectivity index (χ2n) is 7.87. The number of carbonyl (C=O) groups is 1. The Kier molecular flexibility index (Phi) is 4.81. The molecule has 0 N–H and O–H groups in total. The van der Waals surface area contributed by atoms with Crippen molar-refractivity contribution in [1.82, 2.24) is 34.1 Å². The van der Waals surface area contributed by atoms with Crippen LogP contribution in [0.15, 0.2) is 36.5 Å². The average Bonchev–Trinajstić information content (AvgIpc) is 3.39. The monoisotopic (exact) mass is 393 g/mol. The molecule has 0 radical (unpaired) electrons. The van der Waals surface area contributed by atoms with Crippen LogP contribution in [0.1, 0.15) is 28.8 Å². The van der Waals surface area contributed by atoms with Crippen molar-refractivity contribution in [3.63, 3.8) is 0 Å². The van der Waals surface area contributed by atoms with Gasteiger partial charge >= 0.3 is 0 Å². The summed E-state index contributed by atoms with van der Waals surface area (Å²) in [4.78, 5) is 20.0. The second-order valence-corrected chi connectivity index (χ2v) is 7.87. The molecule has 5 rings (SSSR count). The number of fused-ring (bicyclic) bond motifs is 2. The average molecular weight is 393 g/mol. The Labute approximate surface area is 170 Å².